The van der Waals surface area contributed by atoms with Crippen molar-refractivity contribution in [2.75, 3.05) is 26.2 Å². The molecular weight excluding hydrogens is 412 g/mol. The number of carbonyl (C=O) groups excluding carboxylic acids is 2. The lowest BCUT2D eigenvalue weighted by atomic mass is 10.1. The summed E-state index contributed by atoms with van der Waals surface area (Å²) in [5.74, 6) is -0.124. The molecule has 33 heavy (non-hydrogen) atoms. The van der Waals surface area contributed by atoms with E-state index in [1.54, 1.807) is 0 Å². The predicted octanol–water partition coefficient (Wildman–Crippen LogP) is 6.77. The molecule has 0 aliphatic heterocycles. The predicted molar refractivity (Wildman–Crippen MR) is 140 cm³/mol. The molecule has 0 rings (SSSR count). The van der Waals surface area contributed by atoms with E-state index in [4.69, 9.17) is 0 Å². The van der Waals surface area contributed by atoms with Crippen LogP contribution in [0.1, 0.15) is 142 Å². The van der Waals surface area contributed by atoms with Crippen LogP contribution in [-0.4, -0.2) is 48.1 Å². The van der Waals surface area contributed by atoms with E-state index in [9.17, 15) is 14.7 Å². The van der Waals surface area contributed by atoms with E-state index < -0.39 is 0 Å². The molecule has 196 valence electrons. The SMILES string of the molecule is CCCCCCCCCCCCNC(=O)CN(CCO)C(=O)CCCCCCCCCCC. The maximum absolute atomic E-state index is 12.5. The van der Waals surface area contributed by atoms with E-state index in [-0.39, 0.29) is 31.5 Å². The number of rotatable bonds is 25. The van der Waals surface area contributed by atoms with Crippen LogP contribution in [0.25, 0.3) is 0 Å². The summed E-state index contributed by atoms with van der Waals surface area (Å²) in [7, 11) is 0. The number of unbranched alkanes of at least 4 members (excludes halogenated alkanes) is 17. The van der Waals surface area contributed by atoms with Gasteiger partial charge in [0.25, 0.3) is 0 Å². The van der Waals surface area contributed by atoms with Crippen LogP contribution >= 0.6 is 0 Å². The zero-order valence-electron chi connectivity index (χ0n) is 22.2. The molecule has 0 aromatic rings. The third-order valence-electron chi connectivity index (χ3n) is 6.40. The van der Waals surface area contributed by atoms with Crippen LogP contribution in [0.15, 0.2) is 0 Å². The Bertz CT molecular complexity index is 443. The van der Waals surface area contributed by atoms with Crippen LogP contribution in [0.3, 0.4) is 0 Å². The minimum absolute atomic E-state index is 0.0129. The molecule has 0 aromatic carbocycles. The van der Waals surface area contributed by atoms with Crippen molar-refractivity contribution in [3.63, 3.8) is 0 Å². The first kappa shape index (κ1) is 31.9. The summed E-state index contributed by atoms with van der Waals surface area (Å²) in [5.41, 5.74) is 0. The van der Waals surface area contributed by atoms with E-state index in [1.165, 1.54) is 101 Å². The van der Waals surface area contributed by atoms with Gasteiger partial charge in [-0.15, -0.1) is 0 Å². The Morgan fingerprint density at radius 2 is 1.06 bits per heavy atom. The maximum atomic E-state index is 12.5. The van der Waals surface area contributed by atoms with Gasteiger partial charge in [0.15, 0.2) is 0 Å². The fraction of sp³-hybridized carbons (Fsp3) is 0.929. The summed E-state index contributed by atoms with van der Waals surface area (Å²) in [4.78, 5) is 26.2. The summed E-state index contributed by atoms with van der Waals surface area (Å²) in [6, 6.07) is 0. The van der Waals surface area contributed by atoms with Crippen LogP contribution in [0.2, 0.25) is 0 Å². The van der Waals surface area contributed by atoms with Crippen molar-refractivity contribution < 1.29 is 14.7 Å². The number of nitrogens with zero attached hydrogens (tertiary/aromatic N) is 1. The zero-order chi connectivity index (χ0) is 24.4. The van der Waals surface area contributed by atoms with Gasteiger partial charge >= 0.3 is 0 Å². The lowest BCUT2D eigenvalue weighted by Crippen LogP contribution is -2.42. The number of aliphatic hydroxyl groups is 1. The smallest absolute Gasteiger partial charge is 0.239 e. The largest absolute Gasteiger partial charge is 0.395 e. The Hall–Kier alpha value is -1.10. The molecule has 0 aromatic heterocycles. The molecule has 5 heteroatoms. The second kappa shape index (κ2) is 25.5. The number of hydrogen-bond donors (Lipinski definition) is 2. The summed E-state index contributed by atoms with van der Waals surface area (Å²) >= 11 is 0. The quantitative estimate of drug-likeness (QED) is 0.145. The average Bonchev–Trinajstić information content (AvgIpc) is 2.81. The highest BCUT2D eigenvalue weighted by Gasteiger charge is 2.16. The van der Waals surface area contributed by atoms with E-state index in [0.29, 0.717) is 13.0 Å². The molecule has 2 amide bonds. The topological polar surface area (TPSA) is 69.6 Å². The van der Waals surface area contributed by atoms with Crippen LogP contribution < -0.4 is 5.32 Å². The molecule has 0 atom stereocenters. The van der Waals surface area contributed by atoms with Gasteiger partial charge in [0.05, 0.1) is 13.2 Å². The van der Waals surface area contributed by atoms with E-state index in [0.717, 1.165) is 25.7 Å². The number of nitrogens with one attached hydrogen (secondary N) is 1. The minimum Gasteiger partial charge on any atom is -0.395 e. The van der Waals surface area contributed by atoms with Gasteiger partial charge in [-0.2, -0.15) is 0 Å². The van der Waals surface area contributed by atoms with Crippen molar-refractivity contribution in [2.45, 2.75) is 142 Å². The van der Waals surface area contributed by atoms with Crippen LogP contribution in [-0.2, 0) is 9.59 Å². The van der Waals surface area contributed by atoms with Gasteiger partial charge in [-0.1, -0.05) is 123 Å². The van der Waals surface area contributed by atoms with Gasteiger partial charge in [0.2, 0.25) is 11.8 Å². The molecule has 0 aliphatic carbocycles. The van der Waals surface area contributed by atoms with E-state index >= 15 is 0 Å². The molecule has 0 saturated heterocycles. The molecule has 0 fully saturated rings. The third-order valence-corrected chi connectivity index (χ3v) is 6.40. The molecule has 0 aliphatic rings. The van der Waals surface area contributed by atoms with Gasteiger partial charge in [0.1, 0.15) is 0 Å². The van der Waals surface area contributed by atoms with Crippen molar-refractivity contribution in [1.82, 2.24) is 10.2 Å². The summed E-state index contributed by atoms with van der Waals surface area (Å²) in [6.07, 6.45) is 24.2. The number of hydrogen-bond acceptors (Lipinski definition) is 3. The molecule has 0 saturated carbocycles. The average molecular weight is 469 g/mol. The van der Waals surface area contributed by atoms with Gasteiger partial charge in [-0.3, -0.25) is 9.59 Å². The third kappa shape index (κ3) is 22.5. The highest BCUT2D eigenvalue weighted by atomic mass is 16.3. The van der Waals surface area contributed by atoms with E-state index in [1.807, 2.05) is 0 Å². The Labute approximate surface area is 205 Å². The first-order chi connectivity index (χ1) is 16.2. The molecule has 0 bridgehead atoms. The standard InChI is InChI=1S/C28H56N2O3/c1-3-5-7-9-11-13-15-17-19-21-23-29-27(32)26-30(24-25-31)28(33)22-20-18-16-14-12-10-8-6-4-2/h31H,3-26H2,1-2H3,(H,29,32). The number of aliphatic hydroxyl groups excluding tert-OH is 1. The number of amides is 2. The molecule has 0 radical (unpaired) electrons. The van der Waals surface area contributed by atoms with Crippen molar-refractivity contribution in [3.8, 4) is 0 Å². The molecule has 2 N–H and O–H groups in total. The Kier molecular flexibility index (Phi) is 24.7. The molecule has 0 heterocycles. The van der Waals surface area contributed by atoms with Crippen LogP contribution in [0.5, 0.6) is 0 Å². The molecule has 5 nitrogen and oxygen atoms in total. The monoisotopic (exact) mass is 468 g/mol. The van der Waals surface area contributed by atoms with E-state index in [2.05, 4.69) is 19.2 Å². The highest BCUT2D eigenvalue weighted by Crippen LogP contribution is 2.12. The highest BCUT2D eigenvalue weighted by molar-refractivity contribution is 5.84. The first-order valence-electron chi connectivity index (χ1n) is 14.3. The summed E-state index contributed by atoms with van der Waals surface area (Å²) in [5, 5.41) is 12.2. The van der Waals surface area contributed by atoms with Crippen molar-refractivity contribution in [3.05, 3.63) is 0 Å². The maximum Gasteiger partial charge on any atom is 0.239 e. The second-order valence-electron chi connectivity index (χ2n) is 9.65. The Morgan fingerprint density at radius 1 is 0.636 bits per heavy atom. The van der Waals surface area contributed by atoms with Crippen molar-refractivity contribution in [1.29, 1.82) is 0 Å². The van der Waals surface area contributed by atoms with Gasteiger partial charge in [0, 0.05) is 19.5 Å². The second-order valence-corrected chi connectivity index (χ2v) is 9.65. The summed E-state index contributed by atoms with van der Waals surface area (Å²) in [6.45, 7) is 5.36. The van der Waals surface area contributed by atoms with Crippen molar-refractivity contribution in [2.24, 2.45) is 0 Å². The van der Waals surface area contributed by atoms with Crippen molar-refractivity contribution >= 4 is 11.8 Å². The lowest BCUT2D eigenvalue weighted by molar-refractivity contribution is -0.136. The number of carbonyl (C=O) groups is 2. The Morgan fingerprint density at radius 3 is 1.52 bits per heavy atom. The van der Waals surface area contributed by atoms with Gasteiger partial charge in [-0.25, -0.2) is 0 Å². The van der Waals surface area contributed by atoms with Gasteiger partial charge in [-0.05, 0) is 12.8 Å². The summed E-state index contributed by atoms with van der Waals surface area (Å²) < 4.78 is 0. The fourth-order valence-corrected chi connectivity index (χ4v) is 4.23. The zero-order valence-corrected chi connectivity index (χ0v) is 22.2. The molecule has 0 spiro atoms. The normalized spacial score (nSPS) is 11.0. The van der Waals surface area contributed by atoms with Crippen LogP contribution in [0, 0.1) is 0 Å². The first-order valence-corrected chi connectivity index (χ1v) is 14.3. The molecular formula is C28H56N2O3. The van der Waals surface area contributed by atoms with Gasteiger partial charge < -0.3 is 15.3 Å². The fourth-order valence-electron chi connectivity index (χ4n) is 4.23. The lowest BCUT2D eigenvalue weighted by Gasteiger charge is -2.21. The Balaban J connectivity index is 3.75. The van der Waals surface area contributed by atoms with Crippen LogP contribution in [0.4, 0.5) is 0 Å². The minimum atomic E-state index is -0.111. The molecule has 0 unspecified atom stereocenters.